The van der Waals surface area contributed by atoms with E-state index in [1.165, 1.54) is 0 Å². The van der Waals surface area contributed by atoms with Gasteiger partial charge in [0.2, 0.25) is 5.90 Å². The van der Waals surface area contributed by atoms with Gasteiger partial charge in [-0.15, -0.1) is 0 Å². The number of amides is 1. The molecule has 2 N–H and O–H groups in total. The van der Waals surface area contributed by atoms with E-state index in [9.17, 15) is 4.79 Å². The normalized spacial score (nSPS) is 8.83. The van der Waals surface area contributed by atoms with Crippen molar-refractivity contribution in [3.63, 3.8) is 0 Å². The molecule has 0 aromatic rings. The molecule has 0 fully saturated rings. The van der Waals surface area contributed by atoms with Gasteiger partial charge in [0.25, 0.3) is 0 Å². The average molecular weight is 174 g/mol. The summed E-state index contributed by atoms with van der Waals surface area (Å²) in [5.74, 6) is -0.0382. The van der Waals surface area contributed by atoms with Crippen LogP contribution in [0, 0.1) is 5.41 Å². The summed E-state index contributed by atoms with van der Waals surface area (Å²) in [4.78, 5) is 10.7. The van der Waals surface area contributed by atoms with Crippen LogP contribution in [0.4, 0.5) is 4.79 Å². The Morgan fingerprint density at radius 2 is 2.08 bits per heavy atom. The van der Waals surface area contributed by atoms with Gasteiger partial charge in [0.1, 0.15) is 0 Å². The summed E-state index contributed by atoms with van der Waals surface area (Å²) < 4.78 is 9.35. The summed E-state index contributed by atoms with van der Waals surface area (Å²) in [6, 6.07) is 0. The first-order valence-corrected chi connectivity index (χ1v) is 3.81. The van der Waals surface area contributed by atoms with Gasteiger partial charge in [-0.25, -0.2) is 4.79 Å². The molecule has 1 amide bonds. The Morgan fingerprint density at radius 1 is 1.42 bits per heavy atom. The van der Waals surface area contributed by atoms with E-state index in [0.717, 1.165) is 0 Å². The quantitative estimate of drug-likeness (QED) is 0.488. The summed E-state index contributed by atoms with van der Waals surface area (Å²) in [6.45, 7) is 4.37. The van der Waals surface area contributed by atoms with Gasteiger partial charge in [-0.3, -0.25) is 5.41 Å². The number of hydrogen-bond acceptors (Lipinski definition) is 4. The smallest absolute Gasteiger partial charge is 0.407 e. The van der Waals surface area contributed by atoms with Gasteiger partial charge in [-0.2, -0.15) is 0 Å². The van der Waals surface area contributed by atoms with Crippen LogP contribution in [0.15, 0.2) is 0 Å². The Kier molecular flexibility index (Phi) is 5.77. The maximum absolute atomic E-state index is 10.7. The molecule has 0 aromatic carbocycles. The minimum Gasteiger partial charge on any atom is -0.479 e. The molecule has 0 saturated carbocycles. The van der Waals surface area contributed by atoms with Crippen molar-refractivity contribution in [1.29, 1.82) is 5.41 Å². The molecule has 12 heavy (non-hydrogen) atoms. The monoisotopic (exact) mass is 174 g/mol. The lowest BCUT2D eigenvalue weighted by atomic mass is 10.7. The zero-order chi connectivity index (χ0) is 9.40. The molecule has 0 heterocycles. The van der Waals surface area contributed by atoms with Crippen LogP contribution in [0.5, 0.6) is 0 Å². The highest BCUT2D eigenvalue weighted by Crippen LogP contribution is 1.82. The van der Waals surface area contributed by atoms with E-state index >= 15 is 0 Å². The maximum Gasteiger partial charge on any atom is 0.407 e. The molecule has 5 heteroatoms. The predicted molar refractivity (Wildman–Crippen MR) is 44.4 cm³/mol. The number of rotatable bonds is 4. The van der Waals surface area contributed by atoms with E-state index in [0.29, 0.717) is 13.2 Å². The van der Waals surface area contributed by atoms with Crippen LogP contribution >= 0.6 is 0 Å². The van der Waals surface area contributed by atoms with Gasteiger partial charge in [0.15, 0.2) is 6.61 Å². The van der Waals surface area contributed by atoms with E-state index in [1.54, 1.807) is 13.8 Å². The van der Waals surface area contributed by atoms with Crippen LogP contribution in [0.25, 0.3) is 0 Å². The Labute approximate surface area is 71.6 Å². The van der Waals surface area contributed by atoms with Gasteiger partial charge >= 0.3 is 6.09 Å². The minimum atomic E-state index is -0.526. The summed E-state index contributed by atoms with van der Waals surface area (Å²) in [5, 5.41) is 9.52. The lowest BCUT2D eigenvalue weighted by molar-refractivity contribution is 0.153. The van der Waals surface area contributed by atoms with Crippen molar-refractivity contribution >= 4 is 12.0 Å². The van der Waals surface area contributed by atoms with E-state index < -0.39 is 6.09 Å². The lowest BCUT2D eigenvalue weighted by Gasteiger charge is -2.06. The third-order valence-electron chi connectivity index (χ3n) is 0.974. The van der Waals surface area contributed by atoms with Crippen LogP contribution in [0.1, 0.15) is 13.8 Å². The van der Waals surface area contributed by atoms with Crippen molar-refractivity contribution in [3.05, 3.63) is 0 Å². The molecule has 0 spiro atoms. The molecule has 5 nitrogen and oxygen atoms in total. The Morgan fingerprint density at radius 3 is 2.58 bits per heavy atom. The Hall–Kier alpha value is -1.26. The Bertz CT molecular complexity index is 141. The lowest BCUT2D eigenvalue weighted by Crippen LogP contribution is -2.26. The van der Waals surface area contributed by atoms with E-state index in [1.807, 2.05) is 0 Å². The van der Waals surface area contributed by atoms with Crippen molar-refractivity contribution < 1.29 is 14.3 Å². The van der Waals surface area contributed by atoms with Crippen molar-refractivity contribution in [3.8, 4) is 0 Å². The first-order chi connectivity index (χ1) is 5.70. The average Bonchev–Trinajstić information content (AvgIpc) is 2.02. The minimum absolute atomic E-state index is 0.0382. The van der Waals surface area contributed by atoms with Crippen LogP contribution in [0.3, 0.4) is 0 Å². The molecule has 0 unspecified atom stereocenters. The predicted octanol–water partition coefficient (Wildman–Crippen LogP) is 0.746. The van der Waals surface area contributed by atoms with Crippen molar-refractivity contribution in [2.45, 2.75) is 13.8 Å². The molecular weight excluding hydrogens is 160 g/mol. The maximum atomic E-state index is 10.7. The van der Waals surface area contributed by atoms with E-state index in [2.05, 4.69) is 10.1 Å². The van der Waals surface area contributed by atoms with Gasteiger partial charge in [0, 0.05) is 6.54 Å². The molecule has 0 rings (SSSR count). The first kappa shape index (κ1) is 10.7. The molecule has 0 aliphatic heterocycles. The highest BCUT2D eigenvalue weighted by molar-refractivity contribution is 5.77. The van der Waals surface area contributed by atoms with Gasteiger partial charge < -0.3 is 14.8 Å². The first-order valence-electron chi connectivity index (χ1n) is 3.81. The van der Waals surface area contributed by atoms with Crippen LogP contribution in [-0.4, -0.2) is 31.7 Å². The molecule has 0 aromatic heterocycles. The number of nitrogens with one attached hydrogen (secondary N) is 2. The standard InChI is InChI=1S/C7H14N2O3/c1-3-9-7(10)12-5-6(8)11-4-2/h8H,3-5H2,1-2H3,(H,9,10). The molecule has 0 radical (unpaired) electrons. The molecule has 0 atom stereocenters. The molecule has 0 saturated heterocycles. The second-order valence-corrected chi connectivity index (χ2v) is 1.96. The van der Waals surface area contributed by atoms with E-state index in [4.69, 9.17) is 10.1 Å². The molecule has 0 bridgehead atoms. The number of ether oxygens (including phenoxy) is 2. The second-order valence-electron chi connectivity index (χ2n) is 1.96. The Balaban J connectivity index is 3.40. The van der Waals surface area contributed by atoms with Crippen molar-refractivity contribution in [1.82, 2.24) is 5.32 Å². The third-order valence-corrected chi connectivity index (χ3v) is 0.974. The third kappa shape index (κ3) is 5.52. The topological polar surface area (TPSA) is 71.4 Å². The van der Waals surface area contributed by atoms with Crippen molar-refractivity contribution in [2.24, 2.45) is 0 Å². The molecule has 0 aliphatic carbocycles. The zero-order valence-corrected chi connectivity index (χ0v) is 7.35. The molecule has 0 aliphatic rings. The zero-order valence-electron chi connectivity index (χ0n) is 7.35. The van der Waals surface area contributed by atoms with Crippen LogP contribution < -0.4 is 5.32 Å². The number of hydrogen-bond donors (Lipinski definition) is 2. The number of carbonyl (C=O) groups excluding carboxylic acids is 1. The fourth-order valence-corrected chi connectivity index (χ4v) is 0.542. The summed E-state index contributed by atoms with van der Waals surface area (Å²) in [7, 11) is 0. The van der Waals surface area contributed by atoms with Gasteiger partial charge in [-0.05, 0) is 13.8 Å². The van der Waals surface area contributed by atoms with Crippen molar-refractivity contribution in [2.75, 3.05) is 19.8 Å². The van der Waals surface area contributed by atoms with E-state index in [-0.39, 0.29) is 12.5 Å². The SMILES string of the molecule is CCNC(=O)OCC(=N)OCC. The highest BCUT2D eigenvalue weighted by atomic mass is 16.6. The fourth-order valence-electron chi connectivity index (χ4n) is 0.542. The number of alkyl carbamates (subject to hydrolysis) is 1. The largest absolute Gasteiger partial charge is 0.479 e. The van der Waals surface area contributed by atoms with Gasteiger partial charge in [-0.1, -0.05) is 0 Å². The van der Waals surface area contributed by atoms with Crippen LogP contribution in [0.2, 0.25) is 0 Å². The second kappa shape index (κ2) is 6.45. The fraction of sp³-hybridized carbons (Fsp3) is 0.714. The van der Waals surface area contributed by atoms with Crippen LogP contribution in [-0.2, 0) is 9.47 Å². The molecular formula is C7H14N2O3. The highest BCUT2D eigenvalue weighted by Gasteiger charge is 2.02. The molecule has 70 valence electrons. The summed E-state index contributed by atoms with van der Waals surface area (Å²) >= 11 is 0. The number of carbonyl (C=O) groups is 1. The van der Waals surface area contributed by atoms with Gasteiger partial charge in [0.05, 0.1) is 6.61 Å². The summed E-state index contributed by atoms with van der Waals surface area (Å²) in [6.07, 6.45) is -0.526. The summed E-state index contributed by atoms with van der Waals surface area (Å²) in [5.41, 5.74) is 0.